The molecule has 2 aromatic rings. The Balaban J connectivity index is 1.99. The van der Waals surface area contributed by atoms with Crippen LogP contribution in [0.1, 0.15) is 5.56 Å². The van der Waals surface area contributed by atoms with Crippen LogP contribution >= 0.6 is 11.8 Å². The van der Waals surface area contributed by atoms with Crippen molar-refractivity contribution in [2.75, 3.05) is 0 Å². The van der Waals surface area contributed by atoms with Crippen LogP contribution in [-0.4, -0.2) is 0 Å². The van der Waals surface area contributed by atoms with Crippen LogP contribution in [0.15, 0.2) is 53.6 Å². The number of pyridine rings is 1. The van der Waals surface area contributed by atoms with Crippen molar-refractivity contribution in [3.63, 3.8) is 0 Å². The van der Waals surface area contributed by atoms with Crippen molar-refractivity contribution in [2.24, 2.45) is 0 Å². The number of hydrogen-bond donors (Lipinski definition) is 0. The molecule has 2 rings (SSSR count). The van der Waals surface area contributed by atoms with Gasteiger partial charge in [0.25, 0.3) is 0 Å². The predicted molar refractivity (Wildman–Crippen MR) is 59.0 cm³/mol. The van der Waals surface area contributed by atoms with Gasteiger partial charge in [-0.3, -0.25) is 0 Å². The number of benzene rings is 1. The standard InChI is InChI=1S/C12H10FNS/c13-11-7-4-8-12(14-11)15-9-10-5-2-1-3-6-10/h1-8H,9H2/p+1. The van der Waals surface area contributed by atoms with Gasteiger partial charge in [-0.15, -0.1) is 4.39 Å². The highest BCUT2D eigenvalue weighted by Gasteiger charge is 2.04. The number of aromatic nitrogens is 1. The first-order valence-corrected chi connectivity index (χ1v) is 5.68. The van der Waals surface area contributed by atoms with E-state index < -0.39 is 0 Å². The molecular formula is C12H11FNS+. The molecule has 0 atom stereocenters. The van der Waals surface area contributed by atoms with Crippen molar-refractivity contribution in [1.82, 2.24) is 0 Å². The van der Waals surface area contributed by atoms with E-state index in [9.17, 15) is 4.39 Å². The quantitative estimate of drug-likeness (QED) is 0.573. The molecule has 0 radical (unpaired) electrons. The van der Waals surface area contributed by atoms with Gasteiger partial charge in [0, 0.05) is 17.9 Å². The number of H-pyrrole nitrogens is 1. The molecule has 0 spiro atoms. The number of nitrogens with one attached hydrogen (secondary N) is 1. The van der Waals surface area contributed by atoms with Crippen molar-refractivity contribution in [1.29, 1.82) is 0 Å². The van der Waals surface area contributed by atoms with E-state index in [1.807, 2.05) is 24.3 Å². The van der Waals surface area contributed by atoms with E-state index in [1.165, 1.54) is 11.6 Å². The van der Waals surface area contributed by atoms with Gasteiger partial charge < -0.3 is 0 Å². The van der Waals surface area contributed by atoms with Crippen LogP contribution in [0.5, 0.6) is 0 Å². The van der Waals surface area contributed by atoms with E-state index >= 15 is 0 Å². The Morgan fingerprint density at radius 3 is 2.53 bits per heavy atom. The fraction of sp³-hybridized carbons (Fsp3) is 0.0833. The molecule has 3 heteroatoms. The summed E-state index contributed by atoms with van der Waals surface area (Å²) in [6, 6.07) is 15.1. The SMILES string of the molecule is Fc1cccc(SCc2ccccc2)[nH+]1. The lowest BCUT2D eigenvalue weighted by atomic mass is 10.2. The summed E-state index contributed by atoms with van der Waals surface area (Å²) in [4.78, 5) is 2.67. The summed E-state index contributed by atoms with van der Waals surface area (Å²) in [5.41, 5.74) is 1.24. The van der Waals surface area contributed by atoms with Crippen molar-refractivity contribution in [2.45, 2.75) is 10.8 Å². The van der Waals surface area contributed by atoms with Crippen molar-refractivity contribution >= 4 is 11.8 Å². The number of aromatic amines is 1. The van der Waals surface area contributed by atoms with Gasteiger partial charge in [-0.05, 0) is 11.6 Å². The zero-order valence-corrected chi connectivity index (χ0v) is 8.93. The predicted octanol–water partition coefficient (Wildman–Crippen LogP) is 2.93. The van der Waals surface area contributed by atoms with Crippen molar-refractivity contribution in [3.05, 3.63) is 60.0 Å². The lowest BCUT2D eigenvalue weighted by molar-refractivity contribution is -0.466. The summed E-state index contributed by atoms with van der Waals surface area (Å²) in [6.45, 7) is 0. The van der Waals surface area contributed by atoms with E-state index in [4.69, 9.17) is 0 Å². The Hall–Kier alpha value is -1.35. The molecule has 15 heavy (non-hydrogen) atoms. The fourth-order valence-corrected chi connectivity index (χ4v) is 2.10. The van der Waals surface area contributed by atoms with Gasteiger partial charge in [-0.2, -0.15) is 4.98 Å². The molecule has 1 aromatic carbocycles. The van der Waals surface area contributed by atoms with E-state index in [1.54, 1.807) is 17.8 Å². The molecule has 76 valence electrons. The second-order valence-electron chi connectivity index (χ2n) is 3.14. The van der Waals surface area contributed by atoms with Crippen LogP contribution in [-0.2, 0) is 5.75 Å². The molecule has 1 N–H and O–H groups in total. The van der Waals surface area contributed by atoms with Crippen molar-refractivity contribution < 1.29 is 9.37 Å². The summed E-state index contributed by atoms with van der Waals surface area (Å²) < 4.78 is 12.8. The largest absolute Gasteiger partial charge is 0.358 e. The van der Waals surface area contributed by atoms with Crippen LogP contribution in [0.3, 0.4) is 0 Å². The molecule has 1 nitrogen and oxygen atoms in total. The summed E-state index contributed by atoms with van der Waals surface area (Å²) in [6.07, 6.45) is 0. The average Bonchev–Trinajstić information content (AvgIpc) is 2.28. The van der Waals surface area contributed by atoms with E-state index in [0.717, 1.165) is 10.8 Å². The molecule has 0 fully saturated rings. The Morgan fingerprint density at radius 1 is 1.00 bits per heavy atom. The lowest BCUT2D eigenvalue weighted by Gasteiger charge is -1.96. The third-order valence-corrected chi connectivity index (χ3v) is 3.00. The summed E-state index contributed by atoms with van der Waals surface area (Å²) in [7, 11) is 0. The van der Waals surface area contributed by atoms with Gasteiger partial charge in [0.15, 0.2) is 0 Å². The first-order valence-electron chi connectivity index (χ1n) is 4.69. The number of halogens is 1. The zero-order valence-electron chi connectivity index (χ0n) is 8.11. The Bertz CT molecular complexity index is 431. The second kappa shape index (κ2) is 4.94. The minimum Gasteiger partial charge on any atom is -0.174 e. The minimum atomic E-state index is -0.298. The van der Waals surface area contributed by atoms with Gasteiger partial charge in [0.2, 0.25) is 5.03 Å². The minimum absolute atomic E-state index is 0.298. The van der Waals surface area contributed by atoms with Gasteiger partial charge in [-0.25, -0.2) is 0 Å². The fourth-order valence-electron chi connectivity index (χ4n) is 1.24. The van der Waals surface area contributed by atoms with Crippen LogP contribution < -0.4 is 4.98 Å². The maximum atomic E-state index is 12.8. The van der Waals surface area contributed by atoms with Gasteiger partial charge in [0.1, 0.15) is 0 Å². The van der Waals surface area contributed by atoms with E-state index in [0.29, 0.717) is 0 Å². The third kappa shape index (κ3) is 3.06. The van der Waals surface area contributed by atoms with Crippen LogP contribution in [0.25, 0.3) is 0 Å². The summed E-state index contributed by atoms with van der Waals surface area (Å²) in [5, 5.41) is 0.846. The maximum Gasteiger partial charge on any atom is 0.358 e. The van der Waals surface area contributed by atoms with Crippen molar-refractivity contribution in [3.8, 4) is 0 Å². The molecule has 0 aliphatic carbocycles. The molecule has 0 aliphatic heterocycles. The number of thioether (sulfide) groups is 1. The molecule has 0 saturated carbocycles. The monoisotopic (exact) mass is 220 g/mol. The normalized spacial score (nSPS) is 10.2. The number of hydrogen-bond acceptors (Lipinski definition) is 1. The van der Waals surface area contributed by atoms with Crippen LogP contribution in [0.2, 0.25) is 0 Å². The first-order chi connectivity index (χ1) is 7.34. The Kier molecular flexibility index (Phi) is 3.35. The number of rotatable bonds is 3. The molecular weight excluding hydrogens is 209 g/mol. The molecule has 0 amide bonds. The zero-order chi connectivity index (χ0) is 10.5. The second-order valence-corrected chi connectivity index (χ2v) is 4.15. The third-order valence-electron chi connectivity index (χ3n) is 1.97. The highest BCUT2D eigenvalue weighted by Crippen LogP contribution is 2.18. The average molecular weight is 220 g/mol. The molecule has 0 unspecified atom stereocenters. The van der Waals surface area contributed by atoms with Crippen LogP contribution in [0, 0.1) is 5.95 Å². The maximum absolute atomic E-state index is 12.8. The smallest absolute Gasteiger partial charge is 0.174 e. The molecule has 0 saturated heterocycles. The molecule has 1 aromatic heterocycles. The summed E-state index contributed by atoms with van der Waals surface area (Å²) >= 11 is 1.59. The Morgan fingerprint density at radius 2 is 1.80 bits per heavy atom. The molecule has 0 aliphatic rings. The van der Waals surface area contributed by atoms with Crippen LogP contribution in [0.4, 0.5) is 4.39 Å². The van der Waals surface area contributed by atoms with Gasteiger partial charge >= 0.3 is 5.95 Å². The lowest BCUT2D eigenvalue weighted by Crippen LogP contribution is -2.10. The summed E-state index contributed by atoms with van der Waals surface area (Å²) in [5.74, 6) is 0.550. The molecule has 1 heterocycles. The van der Waals surface area contributed by atoms with E-state index in [-0.39, 0.29) is 5.95 Å². The molecule has 0 bridgehead atoms. The highest BCUT2D eigenvalue weighted by molar-refractivity contribution is 7.98. The Labute approximate surface area is 92.4 Å². The topological polar surface area (TPSA) is 14.1 Å². The van der Waals surface area contributed by atoms with E-state index in [2.05, 4.69) is 17.1 Å². The van der Waals surface area contributed by atoms with Gasteiger partial charge in [0.05, 0.1) is 0 Å². The highest BCUT2D eigenvalue weighted by atomic mass is 32.2. The first kappa shape index (κ1) is 10.2. The van der Waals surface area contributed by atoms with Gasteiger partial charge in [-0.1, -0.05) is 42.1 Å².